The first kappa shape index (κ1) is 12.5. The Morgan fingerprint density at radius 3 is 2.47 bits per heavy atom. The quantitative estimate of drug-likeness (QED) is 0.756. The average Bonchev–Trinajstić information content (AvgIpc) is 2.10. The third-order valence-corrected chi connectivity index (χ3v) is 3.53. The second-order valence-corrected chi connectivity index (χ2v) is 5.36. The number of hydrogen-bond acceptors (Lipinski definition) is 2. The van der Waals surface area contributed by atoms with Crippen molar-refractivity contribution in [1.82, 2.24) is 5.32 Å². The maximum atomic E-state index is 11.5. The molecule has 0 saturated heterocycles. The van der Waals surface area contributed by atoms with E-state index in [1.54, 1.807) is 0 Å². The van der Waals surface area contributed by atoms with Gasteiger partial charge in [-0.2, -0.15) is 0 Å². The molecule has 0 aromatic heterocycles. The minimum Gasteiger partial charge on any atom is -0.480 e. The zero-order valence-corrected chi connectivity index (χ0v) is 10.2. The van der Waals surface area contributed by atoms with Crippen LogP contribution in [0.5, 0.6) is 0 Å². The van der Waals surface area contributed by atoms with E-state index in [-0.39, 0.29) is 12.0 Å². The molecule has 0 aromatic rings. The molecule has 1 fully saturated rings. The molecule has 0 radical (unpaired) electrons. The third kappa shape index (κ3) is 2.51. The first-order chi connectivity index (χ1) is 6.88. The summed E-state index contributed by atoms with van der Waals surface area (Å²) >= 11 is 0. The predicted molar refractivity (Wildman–Crippen MR) is 60.8 cm³/mol. The Balaban J connectivity index is 2.90. The van der Waals surface area contributed by atoms with Crippen LogP contribution in [-0.4, -0.2) is 22.7 Å². The van der Waals surface area contributed by atoms with Crippen LogP contribution in [0, 0.1) is 11.8 Å². The first-order valence-electron chi connectivity index (χ1n) is 5.89. The molecule has 0 amide bonds. The molecule has 1 rings (SSSR count). The smallest absolute Gasteiger partial charge is 0.324 e. The van der Waals surface area contributed by atoms with Crippen LogP contribution in [-0.2, 0) is 4.79 Å². The SMILES string of the molecule is CC1CCC(C)C(NC(C)C)(C(=O)O)C1. The van der Waals surface area contributed by atoms with Crippen LogP contribution in [0.1, 0.15) is 47.0 Å². The van der Waals surface area contributed by atoms with Crippen LogP contribution < -0.4 is 5.32 Å². The Labute approximate surface area is 92.3 Å². The van der Waals surface area contributed by atoms with Crippen LogP contribution in [0.15, 0.2) is 0 Å². The van der Waals surface area contributed by atoms with Gasteiger partial charge in [-0.05, 0) is 38.5 Å². The summed E-state index contributed by atoms with van der Waals surface area (Å²) in [4.78, 5) is 11.5. The molecule has 2 N–H and O–H groups in total. The predicted octanol–water partition coefficient (Wildman–Crippen LogP) is 2.26. The van der Waals surface area contributed by atoms with Gasteiger partial charge in [0.05, 0.1) is 0 Å². The Morgan fingerprint density at radius 1 is 1.40 bits per heavy atom. The normalized spacial score (nSPS) is 36.9. The lowest BCUT2D eigenvalue weighted by atomic mass is 9.69. The van der Waals surface area contributed by atoms with E-state index in [1.807, 2.05) is 13.8 Å². The van der Waals surface area contributed by atoms with Gasteiger partial charge in [0.1, 0.15) is 5.54 Å². The Bertz CT molecular complexity index is 236. The van der Waals surface area contributed by atoms with Gasteiger partial charge in [-0.25, -0.2) is 0 Å². The maximum absolute atomic E-state index is 11.5. The summed E-state index contributed by atoms with van der Waals surface area (Å²) in [6.07, 6.45) is 2.91. The Morgan fingerprint density at radius 2 is 2.00 bits per heavy atom. The molecule has 1 saturated carbocycles. The minimum atomic E-state index is -0.703. The van der Waals surface area contributed by atoms with Gasteiger partial charge in [0.2, 0.25) is 0 Å². The molecule has 0 spiro atoms. The summed E-state index contributed by atoms with van der Waals surface area (Å²) in [6.45, 7) is 8.22. The minimum absolute atomic E-state index is 0.216. The van der Waals surface area contributed by atoms with E-state index in [2.05, 4.69) is 19.2 Å². The molecule has 1 aliphatic carbocycles. The maximum Gasteiger partial charge on any atom is 0.324 e. The standard InChI is InChI=1S/C12H23NO2/c1-8(2)13-12(11(14)15)7-9(3)5-6-10(12)4/h8-10,13H,5-7H2,1-4H3,(H,14,15). The van der Waals surface area contributed by atoms with Gasteiger partial charge >= 0.3 is 5.97 Å². The fourth-order valence-electron chi connectivity index (χ4n) is 2.71. The van der Waals surface area contributed by atoms with Crippen molar-refractivity contribution in [3.05, 3.63) is 0 Å². The lowest BCUT2D eigenvalue weighted by molar-refractivity contribution is -0.150. The zero-order valence-electron chi connectivity index (χ0n) is 10.2. The largest absolute Gasteiger partial charge is 0.480 e. The molecule has 0 aromatic carbocycles. The molecular formula is C12H23NO2. The highest BCUT2D eigenvalue weighted by Gasteiger charge is 2.47. The van der Waals surface area contributed by atoms with Gasteiger partial charge < -0.3 is 5.11 Å². The molecule has 0 bridgehead atoms. The summed E-state index contributed by atoms with van der Waals surface area (Å²) in [5, 5.41) is 12.7. The summed E-state index contributed by atoms with van der Waals surface area (Å²) < 4.78 is 0. The Hall–Kier alpha value is -0.570. The number of carbonyl (C=O) groups is 1. The van der Waals surface area contributed by atoms with E-state index in [0.29, 0.717) is 5.92 Å². The van der Waals surface area contributed by atoms with Crippen molar-refractivity contribution >= 4 is 5.97 Å². The van der Waals surface area contributed by atoms with Crippen molar-refractivity contribution in [3.63, 3.8) is 0 Å². The molecule has 15 heavy (non-hydrogen) atoms. The monoisotopic (exact) mass is 213 g/mol. The molecule has 3 unspecified atom stereocenters. The number of aliphatic carboxylic acids is 1. The van der Waals surface area contributed by atoms with Crippen molar-refractivity contribution in [2.45, 2.75) is 58.5 Å². The third-order valence-electron chi connectivity index (χ3n) is 3.53. The number of rotatable bonds is 3. The van der Waals surface area contributed by atoms with E-state index in [9.17, 15) is 9.90 Å². The number of hydrogen-bond donors (Lipinski definition) is 2. The highest BCUT2D eigenvalue weighted by Crippen LogP contribution is 2.37. The summed E-state index contributed by atoms with van der Waals surface area (Å²) in [5.41, 5.74) is -0.703. The van der Waals surface area contributed by atoms with Crippen molar-refractivity contribution in [3.8, 4) is 0 Å². The average molecular weight is 213 g/mol. The summed E-state index contributed by atoms with van der Waals surface area (Å²) in [7, 11) is 0. The molecule has 3 nitrogen and oxygen atoms in total. The summed E-state index contributed by atoms with van der Waals surface area (Å²) in [5.74, 6) is 0.0346. The van der Waals surface area contributed by atoms with E-state index >= 15 is 0 Å². The van der Waals surface area contributed by atoms with Gasteiger partial charge in [-0.3, -0.25) is 10.1 Å². The van der Waals surface area contributed by atoms with Gasteiger partial charge in [-0.1, -0.05) is 20.3 Å². The van der Waals surface area contributed by atoms with Gasteiger partial charge in [-0.15, -0.1) is 0 Å². The molecule has 88 valence electrons. The lowest BCUT2D eigenvalue weighted by Crippen LogP contribution is -2.61. The number of carboxylic acid groups (broad SMARTS) is 1. The van der Waals surface area contributed by atoms with Crippen molar-refractivity contribution in [1.29, 1.82) is 0 Å². The lowest BCUT2D eigenvalue weighted by Gasteiger charge is -2.43. The van der Waals surface area contributed by atoms with E-state index < -0.39 is 11.5 Å². The molecular weight excluding hydrogens is 190 g/mol. The van der Waals surface area contributed by atoms with Crippen molar-refractivity contribution in [2.24, 2.45) is 11.8 Å². The van der Waals surface area contributed by atoms with Crippen molar-refractivity contribution in [2.75, 3.05) is 0 Å². The number of carboxylic acids is 1. The van der Waals surface area contributed by atoms with Gasteiger partial charge in [0, 0.05) is 6.04 Å². The molecule has 3 heteroatoms. The van der Waals surface area contributed by atoms with Crippen LogP contribution in [0.25, 0.3) is 0 Å². The topological polar surface area (TPSA) is 49.3 Å². The van der Waals surface area contributed by atoms with Gasteiger partial charge in [0.25, 0.3) is 0 Å². The highest BCUT2D eigenvalue weighted by atomic mass is 16.4. The number of nitrogens with one attached hydrogen (secondary N) is 1. The van der Waals surface area contributed by atoms with E-state index in [0.717, 1.165) is 19.3 Å². The fraction of sp³-hybridized carbons (Fsp3) is 0.917. The summed E-state index contributed by atoms with van der Waals surface area (Å²) in [6, 6.07) is 0.217. The van der Waals surface area contributed by atoms with Crippen LogP contribution in [0.4, 0.5) is 0 Å². The second kappa shape index (κ2) is 4.52. The second-order valence-electron chi connectivity index (χ2n) is 5.36. The molecule has 0 aliphatic heterocycles. The van der Waals surface area contributed by atoms with Crippen LogP contribution >= 0.6 is 0 Å². The van der Waals surface area contributed by atoms with Crippen LogP contribution in [0.3, 0.4) is 0 Å². The molecule has 1 aliphatic rings. The zero-order chi connectivity index (χ0) is 11.6. The fourth-order valence-corrected chi connectivity index (χ4v) is 2.71. The Kier molecular flexibility index (Phi) is 3.77. The first-order valence-corrected chi connectivity index (χ1v) is 5.89. The van der Waals surface area contributed by atoms with E-state index in [1.165, 1.54) is 0 Å². The van der Waals surface area contributed by atoms with Gasteiger partial charge in [0.15, 0.2) is 0 Å². The molecule has 0 heterocycles. The van der Waals surface area contributed by atoms with Crippen LogP contribution in [0.2, 0.25) is 0 Å². The highest BCUT2D eigenvalue weighted by molar-refractivity contribution is 5.79. The van der Waals surface area contributed by atoms with Crippen molar-refractivity contribution < 1.29 is 9.90 Å². The molecule has 3 atom stereocenters. The van der Waals surface area contributed by atoms with E-state index in [4.69, 9.17) is 0 Å².